The van der Waals surface area contributed by atoms with Crippen LogP contribution in [-0.4, -0.2) is 15.6 Å². The first-order chi connectivity index (χ1) is 9.74. The summed E-state index contributed by atoms with van der Waals surface area (Å²) >= 11 is 0. The fourth-order valence-corrected chi connectivity index (χ4v) is 2.04. The molecule has 2 aromatic carbocycles. The van der Waals surface area contributed by atoms with Crippen molar-refractivity contribution < 1.29 is 9.18 Å². The number of nitrogens with zero attached hydrogens (tertiary/aromatic N) is 2. The third kappa shape index (κ3) is 2.38. The molecule has 0 unspecified atom stereocenters. The highest BCUT2D eigenvalue weighted by Gasteiger charge is 2.07. The molecular weight excluding hydrogens is 257 g/mol. The molecule has 1 N–H and O–H groups in total. The van der Waals surface area contributed by atoms with Gasteiger partial charge >= 0.3 is 6.03 Å². The summed E-state index contributed by atoms with van der Waals surface area (Å²) in [5.74, 6) is -0.324. The van der Waals surface area contributed by atoms with Crippen LogP contribution in [0.15, 0.2) is 55.1 Å². The molecule has 0 spiro atoms. The predicted octanol–water partition coefficient (Wildman–Crippen LogP) is 2.93. The number of imidazole rings is 1. The van der Waals surface area contributed by atoms with E-state index in [0.717, 1.165) is 10.8 Å². The van der Waals surface area contributed by atoms with Crippen LogP contribution in [0.2, 0.25) is 0 Å². The molecule has 0 aliphatic carbocycles. The van der Waals surface area contributed by atoms with Crippen molar-refractivity contribution in [2.45, 2.75) is 6.54 Å². The number of carbonyl (C=O) groups excluding carboxylic acids is 1. The number of hydrogen-bond acceptors (Lipinski definition) is 2. The maximum absolute atomic E-state index is 13.9. The minimum atomic E-state index is -0.338. The number of amides is 1. The average Bonchev–Trinajstić information content (AvgIpc) is 2.99. The van der Waals surface area contributed by atoms with E-state index < -0.39 is 0 Å². The second kappa shape index (κ2) is 5.13. The summed E-state index contributed by atoms with van der Waals surface area (Å²) in [6.45, 7) is 0.133. The molecule has 0 aliphatic rings. The summed E-state index contributed by atoms with van der Waals surface area (Å²) in [6.07, 6.45) is 4.44. The Morgan fingerprint density at radius 2 is 2.00 bits per heavy atom. The smallest absolute Gasteiger partial charge is 0.327 e. The first kappa shape index (κ1) is 12.3. The Hall–Kier alpha value is -2.69. The largest absolute Gasteiger partial charge is 0.333 e. The van der Waals surface area contributed by atoms with Gasteiger partial charge in [0.05, 0.1) is 0 Å². The first-order valence-corrected chi connectivity index (χ1v) is 6.17. The number of benzene rings is 2. The van der Waals surface area contributed by atoms with Crippen molar-refractivity contribution >= 4 is 16.8 Å². The van der Waals surface area contributed by atoms with E-state index in [0.29, 0.717) is 5.56 Å². The first-order valence-electron chi connectivity index (χ1n) is 6.17. The van der Waals surface area contributed by atoms with Crippen LogP contribution in [0, 0.1) is 5.82 Å². The summed E-state index contributed by atoms with van der Waals surface area (Å²) in [7, 11) is 0. The van der Waals surface area contributed by atoms with Gasteiger partial charge in [-0.15, -0.1) is 0 Å². The maximum Gasteiger partial charge on any atom is 0.327 e. The monoisotopic (exact) mass is 269 g/mol. The summed E-state index contributed by atoms with van der Waals surface area (Å²) in [6, 6.07) is 10.4. The molecule has 4 nitrogen and oxygen atoms in total. The Labute approximate surface area is 114 Å². The van der Waals surface area contributed by atoms with Gasteiger partial charge in [0, 0.05) is 24.5 Å². The van der Waals surface area contributed by atoms with E-state index in [2.05, 4.69) is 10.3 Å². The van der Waals surface area contributed by atoms with Crippen molar-refractivity contribution in [3.8, 4) is 0 Å². The average molecular weight is 269 g/mol. The van der Waals surface area contributed by atoms with Gasteiger partial charge in [-0.05, 0) is 22.9 Å². The second-order valence-corrected chi connectivity index (χ2v) is 4.42. The molecule has 0 atom stereocenters. The Kier molecular flexibility index (Phi) is 3.16. The maximum atomic E-state index is 13.9. The molecule has 0 radical (unpaired) electrons. The van der Waals surface area contributed by atoms with Crippen LogP contribution in [-0.2, 0) is 6.54 Å². The molecule has 0 aliphatic heterocycles. The molecule has 5 heteroatoms. The van der Waals surface area contributed by atoms with Gasteiger partial charge < -0.3 is 5.32 Å². The second-order valence-electron chi connectivity index (χ2n) is 4.42. The summed E-state index contributed by atoms with van der Waals surface area (Å²) in [4.78, 5) is 15.5. The van der Waals surface area contributed by atoms with Crippen molar-refractivity contribution in [1.29, 1.82) is 0 Å². The Morgan fingerprint density at radius 1 is 1.25 bits per heavy atom. The zero-order valence-electron chi connectivity index (χ0n) is 10.6. The fourth-order valence-electron chi connectivity index (χ4n) is 2.04. The molecular formula is C15H12FN3O. The van der Waals surface area contributed by atoms with Crippen molar-refractivity contribution in [3.63, 3.8) is 0 Å². The zero-order valence-corrected chi connectivity index (χ0v) is 10.6. The van der Waals surface area contributed by atoms with Crippen LogP contribution >= 0.6 is 0 Å². The standard InChI is InChI=1S/C15H12FN3O/c16-14-8-12-4-2-1-3-11(12)7-13(14)9-18-15(20)19-6-5-17-10-19/h1-8,10H,9H2,(H,18,20). The van der Waals surface area contributed by atoms with E-state index in [1.165, 1.54) is 29.4 Å². The van der Waals surface area contributed by atoms with E-state index in [4.69, 9.17) is 0 Å². The van der Waals surface area contributed by atoms with Gasteiger partial charge in [-0.1, -0.05) is 24.3 Å². The minimum Gasteiger partial charge on any atom is -0.333 e. The summed E-state index contributed by atoms with van der Waals surface area (Å²) in [5, 5.41) is 4.44. The number of hydrogen-bond donors (Lipinski definition) is 1. The minimum absolute atomic E-state index is 0.133. The van der Waals surface area contributed by atoms with Gasteiger partial charge in [0.1, 0.15) is 12.1 Å². The van der Waals surface area contributed by atoms with Gasteiger partial charge in [0.2, 0.25) is 0 Å². The lowest BCUT2D eigenvalue weighted by Gasteiger charge is -2.08. The number of nitrogens with one attached hydrogen (secondary N) is 1. The highest BCUT2D eigenvalue weighted by Crippen LogP contribution is 2.19. The quantitative estimate of drug-likeness (QED) is 0.777. The zero-order chi connectivity index (χ0) is 13.9. The number of carbonyl (C=O) groups is 1. The molecule has 3 aromatic rings. The number of aromatic nitrogens is 2. The Morgan fingerprint density at radius 3 is 2.70 bits per heavy atom. The van der Waals surface area contributed by atoms with E-state index in [-0.39, 0.29) is 18.4 Å². The highest BCUT2D eigenvalue weighted by molar-refractivity contribution is 5.83. The molecule has 20 heavy (non-hydrogen) atoms. The van der Waals surface area contributed by atoms with Crippen LogP contribution in [0.1, 0.15) is 5.56 Å². The molecule has 1 heterocycles. The lowest BCUT2D eigenvalue weighted by Crippen LogP contribution is -2.27. The van der Waals surface area contributed by atoms with E-state index in [1.807, 2.05) is 24.3 Å². The number of rotatable bonds is 2. The third-order valence-corrected chi connectivity index (χ3v) is 3.08. The van der Waals surface area contributed by atoms with Crippen molar-refractivity contribution in [3.05, 3.63) is 66.5 Å². The third-order valence-electron chi connectivity index (χ3n) is 3.08. The number of halogens is 1. The van der Waals surface area contributed by atoms with Gasteiger partial charge in [-0.2, -0.15) is 0 Å². The van der Waals surface area contributed by atoms with Crippen LogP contribution in [0.3, 0.4) is 0 Å². The van der Waals surface area contributed by atoms with Crippen LogP contribution < -0.4 is 5.32 Å². The SMILES string of the molecule is O=C(NCc1cc2ccccc2cc1F)n1ccnc1. The topological polar surface area (TPSA) is 46.9 Å². The Bertz CT molecular complexity index is 753. The van der Waals surface area contributed by atoms with Gasteiger partial charge in [0.15, 0.2) is 0 Å². The van der Waals surface area contributed by atoms with Crippen molar-refractivity contribution in [1.82, 2.24) is 14.9 Å². The predicted molar refractivity (Wildman–Crippen MR) is 73.8 cm³/mol. The van der Waals surface area contributed by atoms with Crippen molar-refractivity contribution in [2.75, 3.05) is 0 Å². The van der Waals surface area contributed by atoms with Gasteiger partial charge in [-0.3, -0.25) is 4.57 Å². The fraction of sp³-hybridized carbons (Fsp3) is 0.0667. The Balaban J connectivity index is 1.80. The highest BCUT2D eigenvalue weighted by atomic mass is 19.1. The lowest BCUT2D eigenvalue weighted by atomic mass is 10.1. The molecule has 1 aromatic heterocycles. The lowest BCUT2D eigenvalue weighted by molar-refractivity contribution is 0.242. The van der Waals surface area contributed by atoms with Crippen LogP contribution in [0.5, 0.6) is 0 Å². The normalized spacial score (nSPS) is 10.7. The van der Waals surface area contributed by atoms with Crippen LogP contribution in [0.25, 0.3) is 10.8 Å². The molecule has 0 saturated carbocycles. The van der Waals surface area contributed by atoms with Crippen LogP contribution in [0.4, 0.5) is 9.18 Å². The van der Waals surface area contributed by atoms with Gasteiger partial charge in [-0.25, -0.2) is 14.2 Å². The molecule has 1 amide bonds. The number of fused-ring (bicyclic) bond motifs is 1. The van der Waals surface area contributed by atoms with E-state index in [9.17, 15) is 9.18 Å². The molecule has 0 fully saturated rings. The van der Waals surface area contributed by atoms with E-state index >= 15 is 0 Å². The van der Waals surface area contributed by atoms with E-state index in [1.54, 1.807) is 6.07 Å². The summed E-state index contributed by atoms with van der Waals surface area (Å²) in [5.41, 5.74) is 0.456. The van der Waals surface area contributed by atoms with Gasteiger partial charge in [0.25, 0.3) is 0 Å². The molecule has 0 bridgehead atoms. The molecule has 3 rings (SSSR count). The van der Waals surface area contributed by atoms with Crippen molar-refractivity contribution in [2.24, 2.45) is 0 Å². The molecule has 0 saturated heterocycles. The summed E-state index contributed by atoms with van der Waals surface area (Å²) < 4.78 is 15.2. The molecule has 100 valence electrons.